The summed E-state index contributed by atoms with van der Waals surface area (Å²) in [5.74, 6) is -2.61. The number of carbonyl (C=O) groups excluding carboxylic acids is 4. The Morgan fingerprint density at radius 3 is 1.47 bits per heavy atom. The summed E-state index contributed by atoms with van der Waals surface area (Å²) in [7, 11) is 0. The lowest BCUT2D eigenvalue weighted by Gasteiger charge is -2.33. The van der Waals surface area contributed by atoms with Gasteiger partial charge in [0.2, 0.25) is 0 Å². The Labute approximate surface area is 252 Å². The minimum Gasteiger partial charge on any atom is -0.457 e. The Hall–Kier alpha value is -5.15. The average molecular weight is 595 g/mol. The summed E-state index contributed by atoms with van der Waals surface area (Å²) in [6, 6.07) is 33.3. The zero-order valence-corrected chi connectivity index (χ0v) is 23.6. The number of hydrogen-bond donors (Lipinski definition) is 0. The molecule has 0 radical (unpaired) electrons. The summed E-state index contributed by atoms with van der Waals surface area (Å²) in [5.41, 5.74) is 1.14. The summed E-state index contributed by atoms with van der Waals surface area (Å²) in [5, 5.41) is 0. The van der Waals surface area contributed by atoms with Gasteiger partial charge in [0.05, 0.1) is 27.2 Å². The van der Waals surface area contributed by atoms with Crippen molar-refractivity contribution < 1.29 is 38.1 Å². The highest BCUT2D eigenvalue weighted by atomic mass is 32.2. The monoisotopic (exact) mass is 594 g/mol. The van der Waals surface area contributed by atoms with Gasteiger partial charge in [-0.25, -0.2) is 19.2 Å². The van der Waals surface area contributed by atoms with Crippen LogP contribution < -0.4 is 0 Å². The molecule has 43 heavy (non-hydrogen) atoms. The normalized spacial score (nSPS) is 16.1. The van der Waals surface area contributed by atoms with Gasteiger partial charge in [0.1, 0.15) is 6.61 Å². The van der Waals surface area contributed by atoms with E-state index in [0.29, 0.717) is 16.0 Å². The fourth-order valence-electron chi connectivity index (χ4n) is 4.18. The van der Waals surface area contributed by atoms with Crippen LogP contribution in [-0.4, -0.2) is 48.4 Å². The molecule has 1 heterocycles. The smallest absolute Gasteiger partial charge is 0.343 e. The van der Waals surface area contributed by atoms with Gasteiger partial charge in [-0.2, -0.15) is 0 Å². The molecular weight excluding hydrogens is 568 g/mol. The number of benzene rings is 4. The van der Waals surface area contributed by atoms with Crippen molar-refractivity contribution in [3.8, 4) is 0 Å². The maximum atomic E-state index is 13.3. The van der Waals surface area contributed by atoms with Gasteiger partial charge in [-0.3, -0.25) is 0 Å². The summed E-state index contributed by atoms with van der Waals surface area (Å²) >= 11 is 1.17. The third-order valence-electron chi connectivity index (χ3n) is 6.36. The maximum absolute atomic E-state index is 13.3. The summed E-state index contributed by atoms with van der Waals surface area (Å²) in [6.07, 6.45) is -2.35. The van der Waals surface area contributed by atoms with Crippen LogP contribution in [0, 0.1) is 0 Å². The summed E-state index contributed by atoms with van der Waals surface area (Å²) in [4.78, 5) is 52.6. The van der Waals surface area contributed by atoms with E-state index in [2.05, 4.69) is 0 Å². The molecule has 4 aromatic carbocycles. The van der Waals surface area contributed by atoms with Crippen molar-refractivity contribution in [3.05, 3.63) is 154 Å². The second kappa shape index (κ2) is 14.2. The average Bonchev–Trinajstić information content (AvgIpc) is 3.07. The quantitative estimate of drug-likeness (QED) is 0.168. The van der Waals surface area contributed by atoms with Crippen molar-refractivity contribution in [2.75, 3.05) is 12.4 Å². The van der Waals surface area contributed by atoms with E-state index in [0.717, 1.165) is 0 Å². The van der Waals surface area contributed by atoms with Crippen LogP contribution >= 0.6 is 11.8 Å². The van der Waals surface area contributed by atoms with Gasteiger partial charge in [0.25, 0.3) is 0 Å². The van der Waals surface area contributed by atoms with Crippen molar-refractivity contribution in [1.29, 1.82) is 0 Å². The second-order valence-electron chi connectivity index (χ2n) is 9.30. The molecule has 0 amide bonds. The molecule has 4 aromatic rings. The van der Waals surface area contributed by atoms with Gasteiger partial charge >= 0.3 is 23.9 Å². The number of thioether (sulfide) groups is 1. The van der Waals surface area contributed by atoms with Crippen LogP contribution in [0.15, 0.2) is 132 Å². The highest BCUT2D eigenvalue weighted by Gasteiger charge is 2.41. The molecule has 9 heteroatoms. The van der Waals surface area contributed by atoms with E-state index >= 15 is 0 Å². The first-order chi connectivity index (χ1) is 21.0. The van der Waals surface area contributed by atoms with Crippen LogP contribution in [0.3, 0.4) is 0 Å². The van der Waals surface area contributed by atoms with E-state index in [1.807, 2.05) is 0 Å². The predicted molar refractivity (Wildman–Crippen MR) is 159 cm³/mol. The zero-order chi connectivity index (χ0) is 30.0. The highest BCUT2D eigenvalue weighted by molar-refractivity contribution is 8.03. The van der Waals surface area contributed by atoms with Crippen molar-refractivity contribution in [2.45, 2.75) is 12.2 Å². The topological polar surface area (TPSA) is 105 Å². The minimum absolute atomic E-state index is 0.0823. The third kappa shape index (κ3) is 7.58. The third-order valence-corrected chi connectivity index (χ3v) is 7.52. The number of esters is 4. The Morgan fingerprint density at radius 2 is 0.977 bits per heavy atom. The largest absolute Gasteiger partial charge is 0.457 e. The van der Waals surface area contributed by atoms with Crippen molar-refractivity contribution in [3.63, 3.8) is 0 Å². The fourth-order valence-corrected chi connectivity index (χ4v) is 5.23. The van der Waals surface area contributed by atoms with Gasteiger partial charge in [-0.05, 0) is 48.5 Å². The molecule has 8 nitrogen and oxygen atoms in total. The van der Waals surface area contributed by atoms with E-state index in [9.17, 15) is 19.2 Å². The van der Waals surface area contributed by atoms with Gasteiger partial charge in [0, 0.05) is 5.75 Å². The lowest BCUT2D eigenvalue weighted by molar-refractivity contribution is -0.0329. The van der Waals surface area contributed by atoms with E-state index in [1.165, 1.54) is 11.8 Å². The molecule has 0 N–H and O–H groups in total. The molecule has 2 atom stereocenters. The first-order valence-corrected chi connectivity index (χ1v) is 14.4. The Bertz CT molecular complexity index is 1610. The van der Waals surface area contributed by atoms with E-state index in [4.69, 9.17) is 18.9 Å². The van der Waals surface area contributed by atoms with Gasteiger partial charge in [-0.15, -0.1) is 11.8 Å². The lowest BCUT2D eigenvalue weighted by atomic mass is 10.1. The molecule has 0 fully saturated rings. The molecule has 0 unspecified atom stereocenters. The first kappa shape index (κ1) is 29.3. The van der Waals surface area contributed by atoms with Gasteiger partial charge < -0.3 is 18.9 Å². The van der Waals surface area contributed by atoms with Crippen molar-refractivity contribution in [1.82, 2.24) is 0 Å². The lowest BCUT2D eigenvalue weighted by Crippen LogP contribution is -2.43. The number of hydrogen-bond acceptors (Lipinski definition) is 9. The van der Waals surface area contributed by atoms with Gasteiger partial charge in [-0.1, -0.05) is 72.8 Å². The van der Waals surface area contributed by atoms with Crippen LogP contribution in [0.5, 0.6) is 0 Å². The molecule has 0 spiro atoms. The molecule has 0 aliphatic carbocycles. The molecular formula is C34H26O8S. The first-order valence-electron chi connectivity index (χ1n) is 13.4. The van der Waals surface area contributed by atoms with E-state index in [-0.39, 0.29) is 29.2 Å². The molecule has 0 saturated heterocycles. The molecule has 0 aromatic heterocycles. The Kier molecular flexibility index (Phi) is 9.66. The molecule has 5 rings (SSSR count). The Morgan fingerprint density at radius 1 is 0.558 bits per heavy atom. The summed E-state index contributed by atoms with van der Waals surface area (Å²) in [6.45, 7) is -0.269. The highest BCUT2D eigenvalue weighted by Crippen LogP contribution is 2.36. The van der Waals surface area contributed by atoms with Crippen molar-refractivity contribution in [2.24, 2.45) is 0 Å². The Balaban J connectivity index is 1.49. The molecule has 1 aliphatic heterocycles. The minimum atomic E-state index is -1.32. The summed E-state index contributed by atoms with van der Waals surface area (Å²) < 4.78 is 23.1. The predicted octanol–water partition coefficient (Wildman–Crippen LogP) is 6.11. The van der Waals surface area contributed by atoms with Crippen LogP contribution in [0.25, 0.3) is 0 Å². The molecule has 1 aliphatic rings. The fraction of sp³-hybridized carbons (Fsp3) is 0.118. The second-order valence-corrected chi connectivity index (χ2v) is 10.4. The zero-order valence-electron chi connectivity index (χ0n) is 22.8. The standard InChI is InChI=1S/C34H26O8S/c35-31(23-13-5-1-6-14-23)39-21-28-30(42-34(38)26-19-11-4-12-20-26)29(41-33(37)25-17-9-3-10-18-25)27(22-43-28)40-32(36)24-15-7-2-8-16-24/h1-20,27,29H,21-22H2/t27-,29+/m0/s1. The number of carbonyl (C=O) groups is 4. The van der Waals surface area contributed by atoms with Crippen LogP contribution in [0.1, 0.15) is 41.4 Å². The molecule has 0 saturated carbocycles. The van der Waals surface area contributed by atoms with Gasteiger partial charge in [0.15, 0.2) is 18.0 Å². The van der Waals surface area contributed by atoms with E-state index < -0.39 is 36.1 Å². The van der Waals surface area contributed by atoms with Crippen LogP contribution in [0.2, 0.25) is 0 Å². The van der Waals surface area contributed by atoms with Crippen LogP contribution in [0.4, 0.5) is 0 Å². The molecule has 216 valence electrons. The number of ether oxygens (including phenoxy) is 4. The SMILES string of the molecule is O=C(OCC1=C(OC(=O)c2ccccc2)[C@H](OC(=O)c2ccccc2)[C@@H](OC(=O)c2ccccc2)CS1)c1ccccc1. The molecule has 0 bridgehead atoms. The van der Waals surface area contributed by atoms with E-state index in [1.54, 1.807) is 121 Å². The van der Waals surface area contributed by atoms with Crippen molar-refractivity contribution >= 4 is 35.6 Å². The van der Waals surface area contributed by atoms with Crippen LogP contribution in [-0.2, 0) is 18.9 Å². The maximum Gasteiger partial charge on any atom is 0.343 e. The number of rotatable bonds is 9.